The molecule has 0 spiro atoms. The highest BCUT2D eigenvalue weighted by Gasteiger charge is 2.10. The van der Waals surface area contributed by atoms with Crippen molar-refractivity contribution in [3.8, 4) is 6.07 Å². The van der Waals surface area contributed by atoms with Crippen LogP contribution in [-0.2, 0) is 10.8 Å². The molecule has 2 rings (SSSR count). The van der Waals surface area contributed by atoms with Crippen molar-refractivity contribution in [1.82, 2.24) is 4.98 Å². The van der Waals surface area contributed by atoms with Crippen molar-refractivity contribution in [2.75, 3.05) is 0 Å². The van der Waals surface area contributed by atoms with Crippen molar-refractivity contribution in [1.29, 1.82) is 5.26 Å². The zero-order valence-electron chi connectivity index (χ0n) is 8.93. The van der Waals surface area contributed by atoms with Gasteiger partial charge in [0, 0.05) is 17.2 Å². The highest BCUT2D eigenvalue weighted by molar-refractivity contribution is 7.85. The van der Waals surface area contributed by atoms with Crippen molar-refractivity contribution in [2.24, 2.45) is 0 Å². The smallest absolute Gasteiger partial charge is 0.140 e. The van der Waals surface area contributed by atoms with Crippen LogP contribution in [0.1, 0.15) is 5.69 Å². The Morgan fingerprint density at radius 1 is 1.11 bits per heavy atom. The summed E-state index contributed by atoms with van der Waals surface area (Å²) in [5.41, 5.74) is 0.182. The van der Waals surface area contributed by atoms with E-state index < -0.39 is 22.4 Å². The van der Waals surface area contributed by atoms with Gasteiger partial charge in [0.1, 0.15) is 23.4 Å². The van der Waals surface area contributed by atoms with Gasteiger partial charge in [0.2, 0.25) is 0 Å². The second kappa shape index (κ2) is 5.02. The Balaban J connectivity index is 2.38. The van der Waals surface area contributed by atoms with Gasteiger partial charge in [0.15, 0.2) is 0 Å². The van der Waals surface area contributed by atoms with Gasteiger partial charge in [0.25, 0.3) is 0 Å². The van der Waals surface area contributed by atoms with E-state index >= 15 is 0 Å². The molecule has 6 heteroatoms. The molecule has 0 aliphatic heterocycles. The molecule has 1 atom stereocenters. The first kappa shape index (κ1) is 12.3. The van der Waals surface area contributed by atoms with Gasteiger partial charge in [-0.25, -0.2) is 18.0 Å². The third kappa shape index (κ3) is 2.57. The highest BCUT2D eigenvalue weighted by Crippen LogP contribution is 2.18. The molecule has 0 amide bonds. The average Bonchev–Trinajstić information content (AvgIpc) is 2.37. The van der Waals surface area contributed by atoms with E-state index in [1.165, 1.54) is 18.3 Å². The first-order chi connectivity index (χ1) is 8.60. The molecule has 0 aliphatic rings. The third-order valence-electron chi connectivity index (χ3n) is 2.12. The fourth-order valence-electron chi connectivity index (χ4n) is 1.33. The monoisotopic (exact) mass is 264 g/mol. The van der Waals surface area contributed by atoms with E-state index in [9.17, 15) is 13.0 Å². The van der Waals surface area contributed by atoms with E-state index in [0.717, 1.165) is 12.1 Å². The first-order valence-electron chi connectivity index (χ1n) is 4.84. The second-order valence-electron chi connectivity index (χ2n) is 3.36. The van der Waals surface area contributed by atoms with E-state index in [2.05, 4.69) is 4.98 Å². The van der Waals surface area contributed by atoms with Crippen LogP contribution >= 0.6 is 0 Å². The normalized spacial score (nSPS) is 11.8. The van der Waals surface area contributed by atoms with Crippen LogP contribution in [0, 0.1) is 23.0 Å². The van der Waals surface area contributed by atoms with E-state index in [1.807, 2.05) is 6.07 Å². The quantitative estimate of drug-likeness (QED) is 0.836. The van der Waals surface area contributed by atoms with Crippen molar-refractivity contribution >= 4 is 10.8 Å². The molecular weight excluding hydrogens is 258 g/mol. The molecule has 90 valence electrons. The predicted octanol–water partition coefficient (Wildman–Crippen LogP) is 2.40. The number of pyridine rings is 1. The summed E-state index contributed by atoms with van der Waals surface area (Å²) in [5, 5.41) is 8.57. The van der Waals surface area contributed by atoms with Crippen molar-refractivity contribution in [3.63, 3.8) is 0 Å². The number of halogens is 2. The predicted molar refractivity (Wildman–Crippen MR) is 60.0 cm³/mol. The lowest BCUT2D eigenvalue weighted by atomic mass is 10.3. The van der Waals surface area contributed by atoms with E-state index in [4.69, 9.17) is 5.26 Å². The fraction of sp³-hybridized carbons (Fsp3) is 0. The van der Waals surface area contributed by atoms with Crippen LogP contribution in [-0.4, -0.2) is 9.19 Å². The molecule has 0 unspecified atom stereocenters. The molecule has 0 aliphatic carbocycles. The van der Waals surface area contributed by atoms with E-state index in [0.29, 0.717) is 6.07 Å². The number of nitriles is 1. The van der Waals surface area contributed by atoms with Crippen LogP contribution in [0.3, 0.4) is 0 Å². The Labute approximate surface area is 104 Å². The largest absolute Gasteiger partial charge is 0.249 e. The summed E-state index contributed by atoms with van der Waals surface area (Å²) >= 11 is 0. The second-order valence-corrected chi connectivity index (χ2v) is 4.85. The summed E-state index contributed by atoms with van der Waals surface area (Å²) in [6.45, 7) is 0. The summed E-state index contributed by atoms with van der Waals surface area (Å²) in [6.07, 6.45) is 1.25. The Kier molecular flexibility index (Phi) is 3.44. The van der Waals surface area contributed by atoms with Crippen LogP contribution in [0.5, 0.6) is 0 Å². The number of nitrogens with zero attached hydrogens (tertiary/aromatic N) is 2. The lowest BCUT2D eigenvalue weighted by Crippen LogP contribution is -1.96. The molecule has 0 saturated heterocycles. The maximum atomic E-state index is 13.0. The van der Waals surface area contributed by atoms with Crippen molar-refractivity contribution in [2.45, 2.75) is 9.79 Å². The Morgan fingerprint density at radius 3 is 2.28 bits per heavy atom. The lowest BCUT2D eigenvalue weighted by molar-refractivity contribution is 0.576. The Hall–Kier alpha value is -2.13. The van der Waals surface area contributed by atoms with Gasteiger partial charge in [-0.2, -0.15) is 5.26 Å². The molecular formula is C12H6F2N2OS. The van der Waals surface area contributed by atoms with Crippen molar-refractivity contribution in [3.05, 3.63) is 53.9 Å². The molecule has 3 nitrogen and oxygen atoms in total. The van der Waals surface area contributed by atoms with Gasteiger partial charge < -0.3 is 0 Å². The molecule has 0 saturated carbocycles. The van der Waals surface area contributed by atoms with Crippen LogP contribution in [0.4, 0.5) is 8.78 Å². The maximum absolute atomic E-state index is 13.0. The molecule has 0 fully saturated rings. The third-order valence-corrected chi connectivity index (χ3v) is 3.45. The minimum absolute atomic E-state index is 0.0130. The average molecular weight is 264 g/mol. The minimum atomic E-state index is -1.73. The Morgan fingerprint density at radius 2 is 1.78 bits per heavy atom. The zero-order valence-corrected chi connectivity index (χ0v) is 9.75. The maximum Gasteiger partial charge on any atom is 0.140 e. The minimum Gasteiger partial charge on any atom is -0.249 e. The van der Waals surface area contributed by atoms with E-state index in [-0.39, 0.29) is 15.5 Å². The molecule has 18 heavy (non-hydrogen) atoms. The van der Waals surface area contributed by atoms with Crippen LogP contribution in [0.25, 0.3) is 0 Å². The SMILES string of the molecule is N#Cc1ccc([S@](=O)c2cc(F)cc(F)c2)cn1. The number of hydrogen-bond acceptors (Lipinski definition) is 3. The molecule has 1 aromatic carbocycles. The fourth-order valence-corrected chi connectivity index (χ4v) is 2.38. The molecule has 0 radical (unpaired) electrons. The summed E-state index contributed by atoms with van der Waals surface area (Å²) < 4.78 is 38.0. The van der Waals surface area contributed by atoms with Gasteiger partial charge in [0.05, 0.1) is 15.7 Å². The topological polar surface area (TPSA) is 53.8 Å². The number of rotatable bonds is 2. The van der Waals surface area contributed by atoms with Crippen LogP contribution in [0.2, 0.25) is 0 Å². The molecule has 1 aromatic heterocycles. The standard InChI is InChI=1S/C12H6F2N2OS/c13-8-3-9(14)5-12(4-8)18(17)11-2-1-10(6-15)16-7-11/h1-5,7H/t18-/m0/s1. The van der Waals surface area contributed by atoms with Crippen molar-refractivity contribution < 1.29 is 13.0 Å². The number of benzene rings is 1. The molecule has 0 bridgehead atoms. The number of hydrogen-bond donors (Lipinski definition) is 0. The highest BCUT2D eigenvalue weighted by atomic mass is 32.2. The molecule has 1 heterocycles. The molecule has 2 aromatic rings. The van der Waals surface area contributed by atoms with E-state index in [1.54, 1.807) is 0 Å². The van der Waals surface area contributed by atoms with Gasteiger partial charge >= 0.3 is 0 Å². The summed E-state index contributed by atoms with van der Waals surface area (Å²) in [5.74, 6) is -1.58. The molecule has 0 N–H and O–H groups in total. The first-order valence-corrected chi connectivity index (χ1v) is 5.99. The van der Waals surface area contributed by atoms with Gasteiger partial charge in [-0.1, -0.05) is 0 Å². The van der Waals surface area contributed by atoms with Gasteiger partial charge in [-0.3, -0.25) is 0 Å². The summed E-state index contributed by atoms with van der Waals surface area (Å²) in [6, 6.07) is 7.35. The summed E-state index contributed by atoms with van der Waals surface area (Å²) in [4.78, 5) is 4.04. The summed E-state index contributed by atoms with van der Waals surface area (Å²) in [7, 11) is -1.73. The number of aromatic nitrogens is 1. The lowest BCUT2D eigenvalue weighted by Gasteiger charge is -2.02. The van der Waals surface area contributed by atoms with Gasteiger partial charge in [-0.05, 0) is 24.3 Å². The van der Waals surface area contributed by atoms with Crippen LogP contribution in [0.15, 0.2) is 46.3 Å². The Bertz CT molecular complexity index is 630. The zero-order chi connectivity index (χ0) is 13.1. The van der Waals surface area contributed by atoms with Gasteiger partial charge in [-0.15, -0.1) is 0 Å². The van der Waals surface area contributed by atoms with Crippen LogP contribution < -0.4 is 0 Å².